The normalized spacial score (nSPS) is 23.6. The van der Waals surface area contributed by atoms with Gasteiger partial charge in [0.05, 0.1) is 17.0 Å². The molecule has 1 fully saturated rings. The number of thioether (sulfide) groups is 1. The fraction of sp³-hybridized carbons (Fsp3) is 0.556. The number of carbonyl (C=O) groups excluding carboxylic acids is 2. The maximum atomic E-state index is 12.8. The summed E-state index contributed by atoms with van der Waals surface area (Å²) >= 11 is 1.53. The van der Waals surface area contributed by atoms with E-state index in [1.54, 1.807) is 6.07 Å². The Hall–Kier alpha value is -1.53. The van der Waals surface area contributed by atoms with Crippen molar-refractivity contribution in [2.24, 2.45) is 0 Å². The van der Waals surface area contributed by atoms with Gasteiger partial charge in [0.25, 0.3) is 5.91 Å². The summed E-state index contributed by atoms with van der Waals surface area (Å²) in [6, 6.07) is 5.58. The summed E-state index contributed by atoms with van der Waals surface area (Å²) in [5, 5.41) is 2.79. The van der Waals surface area contributed by atoms with Gasteiger partial charge in [0, 0.05) is 30.2 Å². The van der Waals surface area contributed by atoms with Crippen LogP contribution in [0.25, 0.3) is 0 Å². The number of nitrogens with zero attached hydrogens (tertiary/aromatic N) is 1. The van der Waals surface area contributed by atoms with Crippen molar-refractivity contribution in [1.82, 2.24) is 4.90 Å². The number of anilines is 1. The molecular weight excluding hydrogens is 324 g/mol. The minimum absolute atomic E-state index is 0.0110. The maximum absolute atomic E-state index is 12.8. The van der Waals surface area contributed by atoms with Crippen molar-refractivity contribution in [3.63, 3.8) is 0 Å². The molecule has 0 saturated carbocycles. The first kappa shape index (κ1) is 17.3. The zero-order valence-corrected chi connectivity index (χ0v) is 15.0. The average molecular weight is 348 g/mol. The van der Waals surface area contributed by atoms with E-state index in [1.807, 2.05) is 24.0 Å². The zero-order valence-electron chi connectivity index (χ0n) is 14.2. The second-order valence-corrected chi connectivity index (χ2v) is 7.73. The number of fused-ring (bicyclic) bond motifs is 1. The Morgan fingerprint density at radius 3 is 3.08 bits per heavy atom. The maximum Gasteiger partial charge on any atom is 0.254 e. The van der Waals surface area contributed by atoms with Crippen LogP contribution >= 0.6 is 11.8 Å². The van der Waals surface area contributed by atoms with Gasteiger partial charge in [0.2, 0.25) is 5.91 Å². The number of piperidine rings is 1. The molecule has 3 rings (SSSR count). The molecule has 24 heavy (non-hydrogen) atoms. The van der Waals surface area contributed by atoms with E-state index in [0.29, 0.717) is 12.1 Å². The molecule has 2 atom stereocenters. The first-order valence-electron chi connectivity index (χ1n) is 8.61. The van der Waals surface area contributed by atoms with Crippen molar-refractivity contribution in [2.45, 2.75) is 49.4 Å². The van der Waals surface area contributed by atoms with Crippen molar-refractivity contribution in [2.75, 3.05) is 25.0 Å². The third-order valence-electron chi connectivity index (χ3n) is 4.38. The van der Waals surface area contributed by atoms with E-state index < -0.39 is 0 Å². The molecule has 5 nitrogen and oxygen atoms in total. The molecule has 0 bridgehead atoms. The Morgan fingerprint density at radius 2 is 2.29 bits per heavy atom. The standard InChI is InChI=1S/C18H24N2O3S/c1-3-9-23-14-5-4-8-20(11-14)18(22)13-6-7-16-15(10-13)19-17(21)12(2)24-16/h6-7,10,12,14H,3-5,8-9,11H2,1-2H3,(H,19,21)/t12-,14-/m0/s1. The first-order chi connectivity index (χ1) is 11.6. The number of carbonyl (C=O) groups is 2. The van der Waals surface area contributed by atoms with Gasteiger partial charge in [-0.25, -0.2) is 0 Å². The van der Waals surface area contributed by atoms with E-state index in [2.05, 4.69) is 12.2 Å². The molecule has 130 valence electrons. The highest BCUT2D eigenvalue weighted by Gasteiger charge is 2.27. The van der Waals surface area contributed by atoms with Gasteiger partial charge in [-0.05, 0) is 44.4 Å². The van der Waals surface area contributed by atoms with Crippen LogP contribution in [0, 0.1) is 0 Å². The lowest BCUT2D eigenvalue weighted by Crippen LogP contribution is -2.43. The van der Waals surface area contributed by atoms with Gasteiger partial charge >= 0.3 is 0 Å². The van der Waals surface area contributed by atoms with Gasteiger partial charge in [0.1, 0.15) is 0 Å². The molecule has 0 radical (unpaired) electrons. The zero-order chi connectivity index (χ0) is 17.1. The lowest BCUT2D eigenvalue weighted by molar-refractivity contribution is -0.115. The van der Waals surface area contributed by atoms with Gasteiger partial charge in [-0.15, -0.1) is 11.8 Å². The van der Waals surface area contributed by atoms with Gasteiger partial charge in [-0.2, -0.15) is 0 Å². The molecule has 1 aromatic carbocycles. The van der Waals surface area contributed by atoms with Crippen LogP contribution in [-0.4, -0.2) is 47.8 Å². The van der Waals surface area contributed by atoms with Crippen LogP contribution in [0.1, 0.15) is 43.5 Å². The molecule has 2 aliphatic heterocycles. The molecule has 0 aliphatic carbocycles. The number of likely N-dealkylation sites (tertiary alicyclic amines) is 1. The Kier molecular flexibility index (Phi) is 5.46. The minimum atomic E-state index is -0.0994. The van der Waals surface area contributed by atoms with Gasteiger partial charge in [0.15, 0.2) is 0 Å². The third-order valence-corrected chi connectivity index (χ3v) is 5.56. The van der Waals surface area contributed by atoms with E-state index in [1.165, 1.54) is 11.8 Å². The highest BCUT2D eigenvalue weighted by atomic mass is 32.2. The lowest BCUT2D eigenvalue weighted by Gasteiger charge is -2.33. The van der Waals surface area contributed by atoms with E-state index in [-0.39, 0.29) is 23.2 Å². The predicted molar refractivity (Wildman–Crippen MR) is 95.6 cm³/mol. The largest absolute Gasteiger partial charge is 0.376 e. The number of nitrogens with one attached hydrogen (secondary N) is 1. The number of amides is 2. The van der Waals surface area contributed by atoms with Gasteiger partial charge in [-0.3, -0.25) is 9.59 Å². The van der Waals surface area contributed by atoms with Crippen LogP contribution in [0.5, 0.6) is 0 Å². The molecule has 6 heteroatoms. The number of hydrogen-bond donors (Lipinski definition) is 1. The van der Waals surface area contributed by atoms with E-state index in [4.69, 9.17) is 4.74 Å². The monoisotopic (exact) mass is 348 g/mol. The molecule has 1 N–H and O–H groups in total. The van der Waals surface area contributed by atoms with Crippen LogP contribution in [0.3, 0.4) is 0 Å². The Bertz CT molecular complexity index is 635. The molecule has 0 spiro atoms. The van der Waals surface area contributed by atoms with Crippen LogP contribution in [0.2, 0.25) is 0 Å². The lowest BCUT2D eigenvalue weighted by atomic mass is 10.1. The first-order valence-corrected chi connectivity index (χ1v) is 9.49. The molecule has 1 saturated heterocycles. The molecule has 2 aliphatic rings. The van der Waals surface area contributed by atoms with Crippen LogP contribution in [-0.2, 0) is 9.53 Å². The van der Waals surface area contributed by atoms with E-state index in [0.717, 1.165) is 43.0 Å². The summed E-state index contributed by atoms with van der Waals surface area (Å²) < 4.78 is 5.81. The van der Waals surface area contributed by atoms with Crippen molar-refractivity contribution in [3.05, 3.63) is 23.8 Å². The van der Waals surface area contributed by atoms with E-state index >= 15 is 0 Å². The van der Waals surface area contributed by atoms with Crippen LogP contribution in [0.15, 0.2) is 23.1 Å². The summed E-state index contributed by atoms with van der Waals surface area (Å²) in [5.74, 6) is 0.00331. The van der Waals surface area contributed by atoms with Crippen molar-refractivity contribution >= 4 is 29.3 Å². The van der Waals surface area contributed by atoms with E-state index in [9.17, 15) is 9.59 Å². The second kappa shape index (κ2) is 7.57. The average Bonchev–Trinajstić information content (AvgIpc) is 2.60. The highest BCUT2D eigenvalue weighted by Crippen LogP contribution is 2.36. The minimum Gasteiger partial charge on any atom is -0.376 e. The smallest absolute Gasteiger partial charge is 0.254 e. The summed E-state index contributed by atoms with van der Waals surface area (Å²) in [6.45, 7) is 6.12. The molecule has 2 amide bonds. The molecule has 2 heterocycles. The fourth-order valence-corrected chi connectivity index (χ4v) is 4.00. The Labute approximate surface area is 147 Å². The summed E-state index contributed by atoms with van der Waals surface area (Å²) in [4.78, 5) is 27.5. The number of benzene rings is 1. The SMILES string of the molecule is CCCO[C@H]1CCCN(C(=O)c2ccc3c(c2)NC(=O)[C@H](C)S3)C1. The molecular formula is C18H24N2O3S. The van der Waals surface area contributed by atoms with Gasteiger partial charge < -0.3 is 15.0 Å². The summed E-state index contributed by atoms with van der Waals surface area (Å²) in [6.07, 6.45) is 3.11. The van der Waals surface area contributed by atoms with Crippen molar-refractivity contribution in [3.8, 4) is 0 Å². The van der Waals surface area contributed by atoms with Crippen LogP contribution in [0.4, 0.5) is 5.69 Å². The topological polar surface area (TPSA) is 58.6 Å². The van der Waals surface area contributed by atoms with Crippen molar-refractivity contribution < 1.29 is 14.3 Å². The number of ether oxygens (including phenoxy) is 1. The van der Waals surface area contributed by atoms with Crippen LogP contribution < -0.4 is 5.32 Å². The quantitative estimate of drug-likeness (QED) is 0.908. The highest BCUT2D eigenvalue weighted by molar-refractivity contribution is 8.00. The second-order valence-electron chi connectivity index (χ2n) is 6.35. The van der Waals surface area contributed by atoms with Gasteiger partial charge in [-0.1, -0.05) is 6.92 Å². The predicted octanol–water partition coefficient (Wildman–Crippen LogP) is 3.15. The molecule has 0 unspecified atom stereocenters. The molecule has 0 aromatic heterocycles. The number of hydrogen-bond acceptors (Lipinski definition) is 4. The third kappa shape index (κ3) is 3.75. The Balaban J connectivity index is 1.71. The summed E-state index contributed by atoms with van der Waals surface area (Å²) in [7, 11) is 0. The fourth-order valence-electron chi connectivity index (χ4n) is 3.07. The molecule has 1 aromatic rings. The Morgan fingerprint density at radius 1 is 1.46 bits per heavy atom. The number of rotatable bonds is 4. The van der Waals surface area contributed by atoms with Crippen molar-refractivity contribution in [1.29, 1.82) is 0 Å². The summed E-state index contributed by atoms with van der Waals surface area (Å²) in [5.41, 5.74) is 1.37.